The van der Waals surface area contributed by atoms with Gasteiger partial charge in [-0.3, -0.25) is 4.79 Å². The Kier molecular flexibility index (Phi) is 2.62. The molecular formula is C12H11NO. The van der Waals surface area contributed by atoms with Gasteiger partial charge >= 0.3 is 0 Å². The lowest BCUT2D eigenvalue weighted by Gasteiger charge is -2.23. The highest BCUT2D eigenvalue weighted by Gasteiger charge is 2.22. The number of ketones is 1. The number of rotatable bonds is 1. The fourth-order valence-electron chi connectivity index (χ4n) is 1.23. The van der Waals surface area contributed by atoms with Crippen LogP contribution in [0.2, 0.25) is 0 Å². The maximum Gasteiger partial charge on any atom is 0.211 e. The summed E-state index contributed by atoms with van der Waals surface area (Å²) in [5.41, 5.74) is 0.896. The Morgan fingerprint density at radius 2 is 2.00 bits per heavy atom. The first-order valence-electron chi connectivity index (χ1n) is 4.68. The average molecular weight is 185 g/mol. The van der Waals surface area contributed by atoms with E-state index in [4.69, 9.17) is 0 Å². The number of carbonyl (C=O) groups excluding carboxylic acids is 1. The summed E-state index contributed by atoms with van der Waals surface area (Å²) in [6, 6.07) is 9.57. The molecule has 0 atom stereocenters. The van der Waals surface area contributed by atoms with Crippen LogP contribution in [0.1, 0.15) is 5.56 Å². The summed E-state index contributed by atoms with van der Waals surface area (Å²) < 4.78 is 0. The molecule has 0 unspecified atom stereocenters. The van der Waals surface area contributed by atoms with Crippen LogP contribution >= 0.6 is 0 Å². The largest absolute Gasteiger partial charge is 0.315 e. The molecule has 14 heavy (non-hydrogen) atoms. The summed E-state index contributed by atoms with van der Waals surface area (Å²) in [6.07, 6.45) is 0. The van der Waals surface area contributed by atoms with Gasteiger partial charge in [-0.25, -0.2) is 0 Å². The van der Waals surface area contributed by atoms with Gasteiger partial charge in [-0.1, -0.05) is 24.1 Å². The lowest BCUT2D eigenvalue weighted by molar-refractivity contribution is -0.118. The molecule has 1 aliphatic heterocycles. The quantitative estimate of drug-likeness (QED) is 0.656. The summed E-state index contributed by atoms with van der Waals surface area (Å²) in [7, 11) is 0. The molecule has 0 aliphatic carbocycles. The summed E-state index contributed by atoms with van der Waals surface area (Å²) in [4.78, 5) is 11.4. The van der Waals surface area contributed by atoms with Gasteiger partial charge in [0.1, 0.15) is 0 Å². The third-order valence-electron chi connectivity index (χ3n) is 2.26. The number of benzene rings is 1. The molecule has 0 aromatic heterocycles. The van der Waals surface area contributed by atoms with Gasteiger partial charge < -0.3 is 5.32 Å². The zero-order valence-corrected chi connectivity index (χ0v) is 7.79. The Morgan fingerprint density at radius 1 is 1.29 bits per heavy atom. The van der Waals surface area contributed by atoms with Crippen molar-refractivity contribution in [3.63, 3.8) is 0 Å². The molecule has 1 aliphatic rings. The Hall–Kier alpha value is -1.59. The molecule has 2 heteroatoms. The van der Waals surface area contributed by atoms with Gasteiger partial charge in [0, 0.05) is 18.7 Å². The maximum atomic E-state index is 11.4. The molecule has 1 aromatic rings. The topological polar surface area (TPSA) is 29.1 Å². The minimum absolute atomic E-state index is 0.0487. The van der Waals surface area contributed by atoms with Crippen LogP contribution in [0.4, 0.5) is 0 Å². The van der Waals surface area contributed by atoms with Crippen molar-refractivity contribution in [2.75, 3.05) is 13.1 Å². The summed E-state index contributed by atoms with van der Waals surface area (Å²) in [6.45, 7) is 1.56. The smallest absolute Gasteiger partial charge is 0.211 e. The van der Waals surface area contributed by atoms with E-state index in [-0.39, 0.29) is 11.7 Å². The van der Waals surface area contributed by atoms with Crippen molar-refractivity contribution in [1.82, 2.24) is 5.32 Å². The van der Waals surface area contributed by atoms with E-state index >= 15 is 0 Å². The van der Waals surface area contributed by atoms with Crippen molar-refractivity contribution in [1.29, 1.82) is 0 Å². The number of carbonyl (C=O) groups is 1. The van der Waals surface area contributed by atoms with Crippen molar-refractivity contribution in [2.24, 2.45) is 5.92 Å². The highest BCUT2D eigenvalue weighted by Crippen LogP contribution is 2.03. The lowest BCUT2D eigenvalue weighted by Crippen LogP contribution is -2.46. The van der Waals surface area contributed by atoms with E-state index in [0.29, 0.717) is 0 Å². The molecule has 70 valence electrons. The molecule has 2 nitrogen and oxygen atoms in total. The van der Waals surface area contributed by atoms with Gasteiger partial charge in [0.05, 0.1) is 5.92 Å². The third kappa shape index (κ3) is 2.01. The van der Waals surface area contributed by atoms with Crippen molar-refractivity contribution in [2.45, 2.75) is 0 Å². The lowest BCUT2D eigenvalue weighted by atomic mass is 9.98. The second-order valence-electron chi connectivity index (χ2n) is 3.34. The van der Waals surface area contributed by atoms with E-state index in [0.717, 1.165) is 18.7 Å². The monoisotopic (exact) mass is 185 g/mol. The number of hydrogen-bond donors (Lipinski definition) is 1. The Balaban J connectivity index is 2.02. The standard InChI is InChI=1S/C12H11NO/c14-12(11-8-13-9-11)7-6-10-4-2-1-3-5-10/h1-5,11,13H,8-9H2. The normalized spacial score (nSPS) is 15.1. The second kappa shape index (κ2) is 4.08. The van der Waals surface area contributed by atoms with Crippen molar-refractivity contribution in [3.05, 3.63) is 35.9 Å². The zero-order chi connectivity index (χ0) is 9.80. The predicted octanol–water partition coefficient (Wildman–Crippen LogP) is 0.827. The highest BCUT2D eigenvalue weighted by atomic mass is 16.1. The fraction of sp³-hybridized carbons (Fsp3) is 0.250. The average Bonchev–Trinajstić information content (AvgIpc) is 2.14. The van der Waals surface area contributed by atoms with Crippen LogP contribution in [0.25, 0.3) is 0 Å². The van der Waals surface area contributed by atoms with Crippen LogP contribution in [-0.2, 0) is 4.79 Å². The molecule has 2 rings (SSSR count). The first-order chi connectivity index (χ1) is 6.86. The molecule has 1 aromatic carbocycles. The molecule has 0 radical (unpaired) electrons. The van der Waals surface area contributed by atoms with E-state index < -0.39 is 0 Å². The number of hydrogen-bond acceptors (Lipinski definition) is 2. The fourth-order valence-corrected chi connectivity index (χ4v) is 1.23. The van der Waals surface area contributed by atoms with Crippen molar-refractivity contribution < 1.29 is 4.79 Å². The molecule has 0 amide bonds. The van der Waals surface area contributed by atoms with Crippen LogP contribution in [0.5, 0.6) is 0 Å². The Morgan fingerprint density at radius 3 is 2.57 bits per heavy atom. The Bertz CT molecular complexity index is 382. The minimum atomic E-state index is 0.0487. The number of nitrogens with one attached hydrogen (secondary N) is 1. The van der Waals surface area contributed by atoms with Crippen LogP contribution < -0.4 is 5.32 Å². The van der Waals surface area contributed by atoms with E-state index in [1.54, 1.807) is 0 Å². The second-order valence-corrected chi connectivity index (χ2v) is 3.34. The van der Waals surface area contributed by atoms with Gasteiger partial charge in [0.15, 0.2) is 0 Å². The van der Waals surface area contributed by atoms with E-state index in [1.165, 1.54) is 0 Å². The molecule has 0 saturated carbocycles. The van der Waals surface area contributed by atoms with E-state index in [9.17, 15) is 4.79 Å². The molecule has 1 saturated heterocycles. The van der Waals surface area contributed by atoms with Crippen LogP contribution in [-0.4, -0.2) is 18.9 Å². The van der Waals surface area contributed by atoms with E-state index in [1.807, 2.05) is 30.3 Å². The van der Waals surface area contributed by atoms with Gasteiger partial charge in [-0.2, -0.15) is 0 Å². The predicted molar refractivity (Wildman–Crippen MR) is 54.7 cm³/mol. The minimum Gasteiger partial charge on any atom is -0.315 e. The SMILES string of the molecule is O=C(C#Cc1ccccc1)C1CNC1. The van der Waals surface area contributed by atoms with Crippen molar-refractivity contribution in [3.8, 4) is 11.8 Å². The van der Waals surface area contributed by atoms with Gasteiger partial charge in [0.25, 0.3) is 0 Å². The summed E-state index contributed by atoms with van der Waals surface area (Å²) in [5.74, 6) is 5.70. The molecule has 1 heterocycles. The summed E-state index contributed by atoms with van der Waals surface area (Å²) >= 11 is 0. The molecular weight excluding hydrogens is 174 g/mol. The maximum absolute atomic E-state index is 11.4. The van der Waals surface area contributed by atoms with Gasteiger partial charge in [0.2, 0.25) is 5.78 Å². The van der Waals surface area contributed by atoms with Crippen LogP contribution in [0.15, 0.2) is 30.3 Å². The number of Topliss-reactive ketones (excluding diaryl/α,β-unsaturated/α-hetero) is 1. The van der Waals surface area contributed by atoms with E-state index in [2.05, 4.69) is 17.2 Å². The Labute approximate surface area is 83.3 Å². The molecule has 0 spiro atoms. The van der Waals surface area contributed by atoms with Gasteiger partial charge in [-0.05, 0) is 18.1 Å². The molecule has 0 bridgehead atoms. The zero-order valence-electron chi connectivity index (χ0n) is 7.79. The van der Waals surface area contributed by atoms with Crippen molar-refractivity contribution >= 4 is 5.78 Å². The summed E-state index contributed by atoms with van der Waals surface area (Å²) in [5, 5.41) is 3.05. The highest BCUT2D eigenvalue weighted by molar-refractivity contribution is 5.98. The third-order valence-corrected chi connectivity index (χ3v) is 2.26. The first kappa shape index (κ1) is 8.98. The first-order valence-corrected chi connectivity index (χ1v) is 4.68. The van der Waals surface area contributed by atoms with Crippen LogP contribution in [0, 0.1) is 17.8 Å². The van der Waals surface area contributed by atoms with Crippen LogP contribution in [0.3, 0.4) is 0 Å². The molecule has 1 N–H and O–H groups in total. The van der Waals surface area contributed by atoms with Gasteiger partial charge in [-0.15, -0.1) is 0 Å². The molecule has 1 fully saturated rings.